The fourth-order valence-corrected chi connectivity index (χ4v) is 2.33. The van der Waals surface area contributed by atoms with Gasteiger partial charge in [0.1, 0.15) is 0 Å². The number of primary sulfonamides is 1. The second-order valence-corrected chi connectivity index (χ2v) is 5.82. The number of hydrogen-bond donors (Lipinski definition) is 2. The molecule has 0 aromatic heterocycles. The Morgan fingerprint density at radius 3 is 2.94 bits per heavy atom. The molecule has 0 aliphatic carbocycles. The van der Waals surface area contributed by atoms with Crippen LogP contribution in [0.25, 0.3) is 0 Å². The molecule has 0 saturated carbocycles. The second kappa shape index (κ2) is 5.14. The first-order valence-corrected chi connectivity index (χ1v) is 7.17. The van der Waals surface area contributed by atoms with Crippen molar-refractivity contribution < 1.29 is 13.2 Å². The maximum Gasteiger partial charge on any atom is 0.210 e. The van der Waals surface area contributed by atoms with Gasteiger partial charge in [0.25, 0.3) is 0 Å². The molecule has 0 spiro atoms. The first-order chi connectivity index (χ1) is 8.06. The van der Waals surface area contributed by atoms with E-state index in [1.165, 1.54) is 5.56 Å². The first kappa shape index (κ1) is 12.5. The van der Waals surface area contributed by atoms with Gasteiger partial charge in [-0.2, -0.15) is 0 Å². The molecule has 1 aromatic rings. The Hall–Kier alpha value is -0.950. The van der Waals surface area contributed by atoms with Crippen LogP contribution < -0.4 is 10.5 Å². The fourth-order valence-electron chi connectivity index (χ4n) is 1.93. The van der Waals surface area contributed by atoms with Crippen LogP contribution in [0.3, 0.4) is 0 Å². The van der Waals surface area contributed by atoms with Crippen molar-refractivity contribution in [1.29, 1.82) is 0 Å². The number of nitrogens with two attached hydrogens (primary N) is 1. The van der Waals surface area contributed by atoms with Crippen LogP contribution in [0.2, 0.25) is 0 Å². The number of sulfonamides is 1. The van der Waals surface area contributed by atoms with Crippen LogP contribution in [0, 0.1) is 0 Å². The molecule has 1 unspecified atom stereocenters. The monoisotopic (exact) mass is 256 g/mol. The average molecular weight is 256 g/mol. The third-order valence-electron chi connectivity index (χ3n) is 2.75. The van der Waals surface area contributed by atoms with E-state index >= 15 is 0 Å². The molecule has 5 nitrogen and oxygen atoms in total. The van der Waals surface area contributed by atoms with Gasteiger partial charge in [-0.05, 0) is 11.1 Å². The average Bonchev–Trinajstić information content (AvgIpc) is 2.28. The molecule has 1 atom stereocenters. The van der Waals surface area contributed by atoms with Crippen LogP contribution in [-0.2, 0) is 21.4 Å². The number of fused-ring (bicyclic) bond motifs is 1. The van der Waals surface area contributed by atoms with Gasteiger partial charge in [-0.3, -0.25) is 0 Å². The third-order valence-corrected chi connectivity index (χ3v) is 3.52. The number of nitrogens with one attached hydrogen (secondary N) is 1. The number of rotatable bonds is 4. The van der Waals surface area contributed by atoms with Crippen LogP contribution in [0.4, 0.5) is 0 Å². The Balaban J connectivity index is 1.99. The molecule has 17 heavy (non-hydrogen) atoms. The molecule has 3 N–H and O–H groups in total. The SMILES string of the molecule is NS(=O)(=O)CCNC1COCc2ccccc21. The van der Waals surface area contributed by atoms with E-state index in [-0.39, 0.29) is 11.8 Å². The fraction of sp³-hybridized carbons (Fsp3) is 0.455. The third kappa shape index (κ3) is 3.50. The number of hydrogen-bond acceptors (Lipinski definition) is 4. The summed E-state index contributed by atoms with van der Waals surface area (Å²) in [5.74, 6) is -0.0638. The van der Waals surface area contributed by atoms with Crippen molar-refractivity contribution in [2.45, 2.75) is 12.6 Å². The molecule has 1 aliphatic rings. The molecular weight excluding hydrogens is 240 g/mol. The van der Waals surface area contributed by atoms with E-state index in [1.54, 1.807) is 0 Å². The Bertz CT molecular complexity index is 487. The number of benzene rings is 1. The lowest BCUT2D eigenvalue weighted by atomic mass is 9.99. The highest BCUT2D eigenvalue weighted by atomic mass is 32.2. The normalized spacial score (nSPS) is 19.9. The minimum Gasteiger partial charge on any atom is -0.375 e. The molecule has 0 radical (unpaired) electrons. The summed E-state index contributed by atoms with van der Waals surface area (Å²) in [6.45, 7) is 1.51. The van der Waals surface area contributed by atoms with Gasteiger partial charge >= 0.3 is 0 Å². The quantitative estimate of drug-likeness (QED) is 0.802. The summed E-state index contributed by atoms with van der Waals surface area (Å²) in [4.78, 5) is 0. The molecule has 0 fully saturated rings. The Morgan fingerprint density at radius 2 is 2.18 bits per heavy atom. The van der Waals surface area contributed by atoms with Crippen molar-refractivity contribution in [2.75, 3.05) is 18.9 Å². The van der Waals surface area contributed by atoms with Crippen LogP contribution in [0.5, 0.6) is 0 Å². The molecule has 0 amide bonds. The second-order valence-electron chi connectivity index (χ2n) is 4.09. The summed E-state index contributed by atoms with van der Waals surface area (Å²) < 4.78 is 27.1. The van der Waals surface area contributed by atoms with E-state index in [0.29, 0.717) is 19.8 Å². The minimum atomic E-state index is -3.41. The van der Waals surface area contributed by atoms with Crippen molar-refractivity contribution in [2.24, 2.45) is 5.14 Å². The molecule has 1 aliphatic heterocycles. The van der Waals surface area contributed by atoms with Crippen LogP contribution in [-0.4, -0.2) is 27.3 Å². The van der Waals surface area contributed by atoms with Crippen LogP contribution >= 0.6 is 0 Å². The van der Waals surface area contributed by atoms with E-state index in [2.05, 4.69) is 5.32 Å². The summed E-state index contributed by atoms with van der Waals surface area (Å²) in [5, 5.41) is 8.10. The summed E-state index contributed by atoms with van der Waals surface area (Å²) in [7, 11) is -3.41. The van der Waals surface area contributed by atoms with Gasteiger partial charge in [0, 0.05) is 6.54 Å². The van der Waals surface area contributed by atoms with E-state index in [4.69, 9.17) is 9.88 Å². The van der Waals surface area contributed by atoms with E-state index in [1.807, 2.05) is 24.3 Å². The highest BCUT2D eigenvalue weighted by Crippen LogP contribution is 2.23. The van der Waals surface area contributed by atoms with E-state index < -0.39 is 10.0 Å². The summed E-state index contributed by atoms with van der Waals surface area (Å²) >= 11 is 0. The van der Waals surface area contributed by atoms with Crippen molar-refractivity contribution in [3.63, 3.8) is 0 Å². The molecule has 1 aromatic carbocycles. The molecule has 0 bridgehead atoms. The minimum absolute atomic E-state index is 0.0432. The Morgan fingerprint density at radius 1 is 1.41 bits per heavy atom. The Kier molecular flexibility index (Phi) is 3.78. The lowest BCUT2D eigenvalue weighted by Gasteiger charge is -2.26. The van der Waals surface area contributed by atoms with Gasteiger partial charge < -0.3 is 10.1 Å². The van der Waals surface area contributed by atoms with Gasteiger partial charge in [0.2, 0.25) is 10.0 Å². The van der Waals surface area contributed by atoms with Gasteiger partial charge in [0.05, 0.1) is 25.0 Å². The molecule has 94 valence electrons. The van der Waals surface area contributed by atoms with Gasteiger partial charge in [-0.25, -0.2) is 13.6 Å². The molecular formula is C11H16N2O3S. The Labute approximate surface area is 101 Å². The number of ether oxygens (including phenoxy) is 1. The molecule has 2 rings (SSSR count). The van der Waals surface area contributed by atoms with Crippen LogP contribution in [0.15, 0.2) is 24.3 Å². The van der Waals surface area contributed by atoms with Crippen LogP contribution in [0.1, 0.15) is 17.2 Å². The van der Waals surface area contributed by atoms with Gasteiger partial charge in [-0.15, -0.1) is 0 Å². The first-order valence-electron chi connectivity index (χ1n) is 5.46. The summed E-state index contributed by atoms with van der Waals surface area (Å²) in [6, 6.07) is 8.03. The standard InChI is InChI=1S/C11H16N2O3S/c12-17(14,15)6-5-13-11-8-16-7-9-3-1-2-4-10(9)11/h1-4,11,13H,5-8H2,(H2,12,14,15). The maximum absolute atomic E-state index is 10.8. The lowest BCUT2D eigenvalue weighted by molar-refractivity contribution is 0.0828. The van der Waals surface area contributed by atoms with Gasteiger partial charge in [-0.1, -0.05) is 24.3 Å². The highest BCUT2D eigenvalue weighted by Gasteiger charge is 2.19. The summed E-state index contributed by atoms with van der Waals surface area (Å²) in [5.41, 5.74) is 2.32. The predicted octanol–water partition coefficient (Wildman–Crippen LogP) is 0.136. The van der Waals surface area contributed by atoms with Gasteiger partial charge in [0.15, 0.2) is 0 Å². The van der Waals surface area contributed by atoms with Crippen molar-refractivity contribution in [1.82, 2.24) is 5.32 Å². The zero-order chi connectivity index (χ0) is 12.3. The topological polar surface area (TPSA) is 81.4 Å². The largest absolute Gasteiger partial charge is 0.375 e. The van der Waals surface area contributed by atoms with Crippen molar-refractivity contribution >= 4 is 10.0 Å². The highest BCUT2D eigenvalue weighted by molar-refractivity contribution is 7.89. The smallest absolute Gasteiger partial charge is 0.210 e. The maximum atomic E-state index is 10.8. The molecule has 0 saturated heterocycles. The zero-order valence-electron chi connectivity index (χ0n) is 9.43. The zero-order valence-corrected chi connectivity index (χ0v) is 10.2. The predicted molar refractivity (Wildman–Crippen MR) is 64.8 cm³/mol. The van der Waals surface area contributed by atoms with E-state index in [0.717, 1.165) is 5.56 Å². The van der Waals surface area contributed by atoms with E-state index in [9.17, 15) is 8.42 Å². The van der Waals surface area contributed by atoms with Crippen molar-refractivity contribution in [3.8, 4) is 0 Å². The molecule has 6 heteroatoms. The summed E-state index contributed by atoms with van der Waals surface area (Å²) in [6.07, 6.45) is 0. The van der Waals surface area contributed by atoms with Crippen molar-refractivity contribution in [3.05, 3.63) is 35.4 Å². The molecule has 1 heterocycles. The lowest BCUT2D eigenvalue weighted by Crippen LogP contribution is -2.34.